The minimum Gasteiger partial charge on any atom is -0.340 e. The molecule has 2 aromatic rings. The second kappa shape index (κ2) is 6.25. The minimum absolute atomic E-state index is 0.0637. The van der Waals surface area contributed by atoms with Crippen LogP contribution in [-0.2, 0) is 10.0 Å². The van der Waals surface area contributed by atoms with Gasteiger partial charge in [0.2, 0.25) is 16.0 Å². The maximum atomic E-state index is 11.3. The van der Waals surface area contributed by atoms with Gasteiger partial charge in [-0.15, -0.1) is 0 Å². The van der Waals surface area contributed by atoms with E-state index in [0.717, 1.165) is 19.5 Å². The number of primary sulfonamides is 1. The van der Waals surface area contributed by atoms with E-state index in [-0.39, 0.29) is 4.90 Å². The van der Waals surface area contributed by atoms with Gasteiger partial charge in [0, 0.05) is 19.0 Å². The molecule has 2 N–H and O–H groups in total. The van der Waals surface area contributed by atoms with Crippen molar-refractivity contribution in [1.82, 2.24) is 9.97 Å². The Morgan fingerprint density at radius 3 is 2.43 bits per heavy atom. The standard InChI is InChI=1S/C16H20N4O2S/c1-12-7-8-20(11-15(12)13-5-3-2-4-6-13)16-18-9-14(10-19-16)23(17,21)22/h2-6,9-10,12,15H,7-8,11H2,1H3,(H2,17,21,22)/t12-,15+/m1/s1. The molecule has 0 unspecified atom stereocenters. The molecule has 0 aliphatic carbocycles. The lowest BCUT2D eigenvalue weighted by Gasteiger charge is -2.37. The molecule has 0 saturated carbocycles. The largest absolute Gasteiger partial charge is 0.340 e. The van der Waals surface area contributed by atoms with E-state index >= 15 is 0 Å². The van der Waals surface area contributed by atoms with Crippen LogP contribution in [0.25, 0.3) is 0 Å². The first-order chi connectivity index (χ1) is 10.9. The van der Waals surface area contributed by atoms with Crippen molar-refractivity contribution in [2.75, 3.05) is 18.0 Å². The summed E-state index contributed by atoms with van der Waals surface area (Å²) in [4.78, 5) is 10.4. The number of nitrogens with zero attached hydrogens (tertiary/aromatic N) is 3. The number of rotatable bonds is 3. The molecule has 0 bridgehead atoms. The Bertz CT molecular complexity index is 762. The van der Waals surface area contributed by atoms with E-state index in [2.05, 4.69) is 46.1 Å². The first-order valence-electron chi connectivity index (χ1n) is 7.60. The molecule has 6 nitrogen and oxygen atoms in total. The van der Waals surface area contributed by atoms with Crippen LogP contribution in [0.3, 0.4) is 0 Å². The van der Waals surface area contributed by atoms with Crippen LogP contribution in [-0.4, -0.2) is 31.5 Å². The summed E-state index contributed by atoms with van der Waals surface area (Å²) in [7, 11) is -3.76. The van der Waals surface area contributed by atoms with Crippen molar-refractivity contribution in [1.29, 1.82) is 0 Å². The van der Waals surface area contributed by atoms with Crippen molar-refractivity contribution in [2.45, 2.75) is 24.2 Å². The zero-order valence-electron chi connectivity index (χ0n) is 13.0. The third kappa shape index (κ3) is 3.51. The van der Waals surface area contributed by atoms with Gasteiger partial charge in [0.1, 0.15) is 4.90 Å². The van der Waals surface area contributed by atoms with Crippen molar-refractivity contribution in [3.63, 3.8) is 0 Å². The van der Waals surface area contributed by atoms with Crippen LogP contribution in [0.1, 0.15) is 24.8 Å². The SMILES string of the molecule is C[C@@H]1CCN(c2ncc(S(N)(=O)=O)cn2)C[C@@H]1c1ccccc1. The molecule has 1 saturated heterocycles. The van der Waals surface area contributed by atoms with E-state index in [4.69, 9.17) is 5.14 Å². The fraction of sp³-hybridized carbons (Fsp3) is 0.375. The van der Waals surface area contributed by atoms with Gasteiger partial charge in [-0.3, -0.25) is 0 Å². The number of hydrogen-bond donors (Lipinski definition) is 1. The molecule has 1 aromatic heterocycles. The highest BCUT2D eigenvalue weighted by Gasteiger charge is 2.28. The number of anilines is 1. The molecule has 2 atom stereocenters. The number of hydrogen-bond acceptors (Lipinski definition) is 5. The summed E-state index contributed by atoms with van der Waals surface area (Å²) >= 11 is 0. The van der Waals surface area contributed by atoms with E-state index in [0.29, 0.717) is 17.8 Å². The molecule has 0 amide bonds. The molecular formula is C16H20N4O2S. The Hall–Kier alpha value is -1.99. The van der Waals surface area contributed by atoms with Crippen molar-refractivity contribution >= 4 is 16.0 Å². The first kappa shape index (κ1) is 15.9. The van der Waals surface area contributed by atoms with Gasteiger partial charge < -0.3 is 4.90 Å². The third-order valence-corrected chi connectivity index (χ3v) is 5.28. The van der Waals surface area contributed by atoms with Crippen LogP contribution < -0.4 is 10.0 Å². The Balaban J connectivity index is 1.81. The number of benzene rings is 1. The lowest BCUT2D eigenvalue weighted by molar-refractivity contribution is 0.377. The van der Waals surface area contributed by atoms with Gasteiger partial charge in [-0.05, 0) is 17.9 Å². The van der Waals surface area contributed by atoms with E-state index < -0.39 is 10.0 Å². The molecule has 1 aromatic carbocycles. The van der Waals surface area contributed by atoms with Gasteiger partial charge in [0.25, 0.3) is 0 Å². The van der Waals surface area contributed by atoms with E-state index in [1.807, 2.05) is 6.07 Å². The first-order valence-corrected chi connectivity index (χ1v) is 9.14. The molecule has 23 heavy (non-hydrogen) atoms. The van der Waals surface area contributed by atoms with E-state index in [9.17, 15) is 8.42 Å². The van der Waals surface area contributed by atoms with Crippen LogP contribution in [0.4, 0.5) is 5.95 Å². The zero-order valence-corrected chi connectivity index (χ0v) is 13.8. The highest BCUT2D eigenvalue weighted by molar-refractivity contribution is 7.89. The van der Waals surface area contributed by atoms with Crippen LogP contribution in [0.2, 0.25) is 0 Å². The Morgan fingerprint density at radius 1 is 1.17 bits per heavy atom. The fourth-order valence-corrected chi connectivity index (χ4v) is 3.40. The summed E-state index contributed by atoms with van der Waals surface area (Å²) in [5, 5.41) is 5.08. The highest BCUT2D eigenvalue weighted by Crippen LogP contribution is 2.33. The van der Waals surface area contributed by atoms with Crippen molar-refractivity contribution in [2.24, 2.45) is 11.1 Å². The quantitative estimate of drug-likeness (QED) is 0.925. The van der Waals surface area contributed by atoms with E-state index in [1.165, 1.54) is 18.0 Å². The predicted molar refractivity (Wildman–Crippen MR) is 88.6 cm³/mol. The van der Waals surface area contributed by atoms with Crippen molar-refractivity contribution < 1.29 is 8.42 Å². The molecule has 0 radical (unpaired) electrons. The molecule has 2 heterocycles. The molecule has 7 heteroatoms. The number of aromatic nitrogens is 2. The summed E-state index contributed by atoms with van der Waals surface area (Å²) in [6.07, 6.45) is 3.58. The molecule has 1 fully saturated rings. The third-order valence-electron chi connectivity index (χ3n) is 4.41. The lowest BCUT2D eigenvalue weighted by Crippen LogP contribution is -2.39. The molecule has 122 valence electrons. The zero-order chi connectivity index (χ0) is 16.4. The van der Waals surface area contributed by atoms with Crippen molar-refractivity contribution in [3.05, 3.63) is 48.3 Å². The fourth-order valence-electron chi connectivity index (χ4n) is 3.00. The predicted octanol–water partition coefficient (Wildman–Crippen LogP) is 1.75. The molecule has 3 rings (SSSR count). The smallest absolute Gasteiger partial charge is 0.241 e. The summed E-state index contributed by atoms with van der Waals surface area (Å²) in [5.41, 5.74) is 1.31. The highest BCUT2D eigenvalue weighted by atomic mass is 32.2. The lowest BCUT2D eigenvalue weighted by atomic mass is 9.82. The maximum Gasteiger partial charge on any atom is 0.241 e. The second-order valence-electron chi connectivity index (χ2n) is 5.99. The van der Waals surface area contributed by atoms with Gasteiger partial charge in [-0.2, -0.15) is 0 Å². The summed E-state index contributed by atoms with van der Waals surface area (Å²) < 4.78 is 22.6. The number of nitrogens with two attached hydrogens (primary N) is 1. The topological polar surface area (TPSA) is 89.2 Å². The van der Waals surface area contributed by atoms with Crippen LogP contribution in [0.5, 0.6) is 0 Å². The maximum absolute atomic E-state index is 11.3. The van der Waals surface area contributed by atoms with Gasteiger partial charge in [0.15, 0.2) is 0 Å². The summed E-state index contributed by atoms with van der Waals surface area (Å²) in [6, 6.07) is 10.4. The normalized spacial score (nSPS) is 22.1. The monoisotopic (exact) mass is 332 g/mol. The van der Waals surface area contributed by atoms with E-state index in [1.54, 1.807) is 0 Å². The van der Waals surface area contributed by atoms with Gasteiger partial charge in [0.05, 0.1) is 12.4 Å². The molecule has 1 aliphatic rings. The van der Waals surface area contributed by atoms with Gasteiger partial charge in [-0.25, -0.2) is 23.5 Å². The van der Waals surface area contributed by atoms with Crippen LogP contribution >= 0.6 is 0 Å². The Morgan fingerprint density at radius 2 is 1.83 bits per heavy atom. The Labute approximate surface area is 136 Å². The second-order valence-corrected chi connectivity index (χ2v) is 7.55. The summed E-state index contributed by atoms with van der Waals surface area (Å²) in [6.45, 7) is 3.94. The molecule has 0 spiro atoms. The van der Waals surface area contributed by atoms with Gasteiger partial charge >= 0.3 is 0 Å². The number of sulfonamides is 1. The average molecular weight is 332 g/mol. The minimum atomic E-state index is -3.76. The van der Waals surface area contributed by atoms with Crippen LogP contribution in [0, 0.1) is 5.92 Å². The number of piperidine rings is 1. The molecular weight excluding hydrogens is 312 g/mol. The van der Waals surface area contributed by atoms with Gasteiger partial charge in [-0.1, -0.05) is 37.3 Å². The molecule has 1 aliphatic heterocycles. The summed E-state index contributed by atoms with van der Waals surface area (Å²) in [5.74, 6) is 1.54. The van der Waals surface area contributed by atoms with Crippen molar-refractivity contribution in [3.8, 4) is 0 Å². The van der Waals surface area contributed by atoms with Crippen LogP contribution in [0.15, 0.2) is 47.6 Å². The average Bonchev–Trinajstić information content (AvgIpc) is 2.55. The Kier molecular flexibility index (Phi) is 4.32.